The average Bonchev–Trinajstić information content (AvgIpc) is 3.14. The zero-order valence-electron chi connectivity index (χ0n) is 19.7. The largest absolute Gasteiger partial charge is 0.494 e. The molecule has 0 saturated carbocycles. The van der Waals surface area contributed by atoms with Gasteiger partial charge in [-0.1, -0.05) is 36.4 Å². The fourth-order valence-corrected chi connectivity index (χ4v) is 5.15. The van der Waals surface area contributed by atoms with Gasteiger partial charge in [-0.2, -0.15) is 0 Å². The molecular formula is C26H34BNO3. The third-order valence-corrected chi connectivity index (χ3v) is 7.50. The van der Waals surface area contributed by atoms with Crippen molar-refractivity contribution in [2.45, 2.75) is 83.8 Å². The van der Waals surface area contributed by atoms with Crippen molar-refractivity contribution in [2.24, 2.45) is 0 Å². The summed E-state index contributed by atoms with van der Waals surface area (Å²) in [5, 5.41) is 0. The van der Waals surface area contributed by atoms with Gasteiger partial charge in [-0.25, -0.2) is 0 Å². The van der Waals surface area contributed by atoms with Gasteiger partial charge in [0.05, 0.1) is 11.2 Å². The molecule has 1 saturated heterocycles. The van der Waals surface area contributed by atoms with Crippen LogP contribution in [0.15, 0.2) is 42.5 Å². The molecule has 2 heterocycles. The lowest BCUT2D eigenvalue weighted by Crippen LogP contribution is -2.42. The summed E-state index contributed by atoms with van der Waals surface area (Å²) in [6, 6.07) is 15.6. The van der Waals surface area contributed by atoms with Crippen molar-refractivity contribution in [1.82, 2.24) is 4.90 Å². The molecule has 0 amide bonds. The molecule has 4 nitrogen and oxygen atoms in total. The Bertz CT molecular complexity index is 984. The molecule has 2 aliphatic heterocycles. The van der Waals surface area contributed by atoms with E-state index in [9.17, 15) is 0 Å². The van der Waals surface area contributed by atoms with Crippen molar-refractivity contribution < 1.29 is 14.0 Å². The molecule has 0 aromatic heterocycles. The number of ether oxygens (including phenoxy) is 1. The van der Waals surface area contributed by atoms with Crippen molar-refractivity contribution >= 4 is 12.6 Å². The highest BCUT2D eigenvalue weighted by Gasteiger charge is 2.52. The van der Waals surface area contributed by atoms with E-state index in [1.165, 1.54) is 16.7 Å². The summed E-state index contributed by atoms with van der Waals surface area (Å²) in [6.45, 7) is 14.6. The van der Waals surface area contributed by atoms with Crippen LogP contribution in [0, 0.1) is 0 Å². The molecule has 1 aliphatic carbocycles. The monoisotopic (exact) mass is 419 g/mol. The summed E-state index contributed by atoms with van der Waals surface area (Å²) in [6.07, 6.45) is 2.25. The van der Waals surface area contributed by atoms with Gasteiger partial charge in [-0.05, 0) is 77.0 Å². The summed E-state index contributed by atoms with van der Waals surface area (Å²) < 4.78 is 19.1. The Morgan fingerprint density at radius 2 is 1.61 bits per heavy atom. The Balaban J connectivity index is 1.46. The predicted octanol–water partition coefficient (Wildman–Crippen LogP) is 4.65. The van der Waals surface area contributed by atoms with E-state index in [-0.39, 0.29) is 23.9 Å². The molecule has 0 N–H and O–H groups in total. The van der Waals surface area contributed by atoms with Crippen LogP contribution < -0.4 is 10.2 Å². The topological polar surface area (TPSA) is 30.9 Å². The molecule has 1 unspecified atom stereocenters. The van der Waals surface area contributed by atoms with Crippen LogP contribution in [0.2, 0.25) is 0 Å². The highest BCUT2D eigenvalue weighted by molar-refractivity contribution is 6.62. The molecule has 1 atom stereocenters. The fourth-order valence-electron chi connectivity index (χ4n) is 5.15. The van der Waals surface area contributed by atoms with Gasteiger partial charge in [0, 0.05) is 24.7 Å². The number of aryl methyl sites for hydroxylation is 1. The summed E-state index contributed by atoms with van der Waals surface area (Å²) in [5.41, 5.74) is 4.36. The van der Waals surface area contributed by atoms with Gasteiger partial charge in [0.2, 0.25) is 0 Å². The molecule has 164 valence electrons. The maximum atomic E-state index is 6.39. The fraction of sp³-hybridized carbons (Fsp3) is 0.538. The van der Waals surface area contributed by atoms with Crippen LogP contribution >= 0.6 is 0 Å². The number of hydrogen-bond acceptors (Lipinski definition) is 4. The third kappa shape index (κ3) is 3.71. The van der Waals surface area contributed by atoms with Crippen molar-refractivity contribution in [3.8, 4) is 5.75 Å². The van der Waals surface area contributed by atoms with Gasteiger partial charge in [-0.15, -0.1) is 0 Å². The van der Waals surface area contributed by atoms with Crippen LogP contribution in [-0.4, -0.2) is 35.4 Å². The van der Waals surface area contributed by atoms with E-state index in [1.807, 2.05) is 0 Å². The Hall–Kier alpha value is -1.82. The van der Waals surface area contributed by atoms with Crippen molar-refractivity contribution in [3.63, 3.8) is 0 Å². The molecular weight excluding hydrogens is 385 g/mol. The van der Waals surface area contributed by atoms with Crippen molar-refractivity contribution in [2.75, 3.05) is 6.54 Å². The summed E-state index contributed by atoms with van der Waals surface area (Å²) in [4.78, 5) is 2.60. The average molecular weight is 419 g/mol. The standard InChI is InChI=1S/C26H34BNO3/c1-24(2)17-28(16-19-9-7-8-10-23(19)29-24)22-14-12-18-11-13-20(15-21(18)22)27-30-25(3,4)26(5,6)31-27/h7-11,13,15,22H,12,14,16-17H2,1-6H3. The molecule has 2 aromatic rings. The number of fused-ring (bicyclic) bond motifs is 2. The van der Waals surface area contributed by atoms with Gasteiger partial charge in [-0.3, -0.25) is 4.90 Å². The molecule has 31 heavy (non-hydrogen) atoms. The number of hydrogen-bond donors (Lipinski definition) is 0. The number of nitrogens with zero attached hydrogens (tertiary/aromatic N) is 1. The van der Waals surface area contributed by atoms with Gasteiger partial charge >= 0.3 is 7.12 Å². The summed E-state index contributed by atoms with van der Waals surface area (Å²) in [5.74, 6) is 1.01. The first-order valence-electron chi connectivity index (χ1n) is 11.5. The lowest BCUT2D eigenvalue weighted by atomic mass is 9.77. The molecule has 1 fully saturated rings. The van der Waals surface area contributed by atoms with Gasteiger partial charge in [0.25, 0.3) is 0 Å². The van der Waals surface area contributed by atoms with Crippen LogP contribution in [0.25, 0.3) is 0 Å². The minimum atomic E-state index is -0.327. The van der Waals surface area contributed by atoms with Gasteiger partial charge in [0.1, 0.15) is 11.4 Å². The number of rotatable bonds is 2. The van der Waals surface area contributed by atoms with E-state index in [2.05, 4.69) is 88.9 Å². The summed E-state index contributed by atoms with van der Waals surface area (Å²) >= 11 is 0. The maximum absolute atomic E-state index is 6.39. The number of para-hydroxylation sites is 1. The Morgan fingerprint density at radius 1 is 0.903 bits per heavy atom. The quantitative estimate of drug-likeness (QED) is 0.664. The Labute approximate surface area is 187 Å². The minimum Gasteiger partial charge on any atom is -0.486 e. The van der Waals surface area contributed by atoms with Gasteiger partial charge < -0.3 is 14.0 Å². The number of benzene rings is 2. The van der Waals surface area contributed by atoms with Crippen LogP contribution in [0.1, 0.15) is 70.7 Å². The second kappa shape index (κ2) is 7.09. The maximum Gasteiger partial charge on any atom is 0.494 e. The zero-order valence-corrected chi connectivity index (χ0v) is 19.7. The van der Waals surface area contributed by atoms with Crippen LogP contribution in [0.3, 0.4) is 0 Å². The van der Waals surface area contributed by atoms with E-state index in [0.717, 1.165) is 37.1 Å². The van der Waals surface area contributed by atoms with Gasteiger partial charge in [0.15, 0.2) is 0 Å². The zero-order chi connectivity index (χ0) is 22.0. The van der Waals surface area contributed by atoms with E-state index in [4.69, 9.17) is 14.0 Å². The summed E-state index contributed by atoms with van der Waals surface area (Å²) in [7, 11) is -0.318. The second-order valence-corrected chi connectivity index (χ2v) is 11.0. The normalized spacial score (nSPS) is 26.1. The highest BCUT2D eigenvalue weighted by atomic mass is 16.7. The van der Waals surface area contributed by atoms with E-state index in [0.29, 0.717) is 6.04 Å². The smallest absolute Gasteiger partial charge is 0.486 e. The van der Waals surface area contributed by atoms with Crippen molar-refractivity contribution in [1.29, 1.82) is 0 Å². The third-order valence-electron chi connectivity index (χ3n) is 7.50. The van der Waals surface area contributed by atoms with E-state index >= 15 is 0 Å². The van der Waals surface area contributed by atoms with E-state index < -0.39 is 0 Å². The lowest BCUT2D eigenvalue weighted by molar-refractivity contribution is 0.00578. The lowest BCUT2D eigenvalue weighted by Gasteiger charge is -2.34. The first kappa shape index (κ1) is 21.1. The first-order chi connectivity index (χ1) is 14.5. The van der Waals surface area contributed by atoms with Crippen LogP contribution in [-0.2, 0) is 22.3 Å². The first-order valence-corrected chi connectivity index (χ1v) is 11.5. The SMILES string of the molecule is CC1(C)CN(C2CCc3ccc(B4OC(C)(C)C(C)(C)O4)cc32)Cc2ccccc2O1. The van der Waals surface area contributed by atoms with Crippen LogP contribution in [0.4, 0.5) is 0 Å². The molecule has 0 bridgehead atoms. The molecule has 3 aliphatic rings. The predicted molar refractivity (Wildman–Crippen MR) is 125 cm³/mol. The Kier molecular flexibility index (Phi) is 4.82. The minimum absolute atomic E-state index is 0.237. The molecule has 0 radical (unpaired) electrons. The van der Waals surface area contributed by atoms with Crippen LogP contribution in [0.5, 0.6) is 5.75 Å². The highest BCUT2D eigenvalue weighted by Crippen LogP contribution is 2.41. The van der Waals surface area contributed by atoms with Crippen molar-refractivity contribution in [3.05, 3.63) is 59.2 Å². The molecule has 2 aromatic carbocycles. The Morgan fingerprint density at radius 3 is 2.35 bits per heavy atom. The molecule has 5 rings (SSSR count). The molecule has 5 heteroatoms. The second-order valence-electron chi connectivity index (χ2n) is 11.0. The van der Waals surface area contributed by atoms with E-state index in [1.54, 1.807) is 0 Å². The molecule has 0 spiro atoms.